The number of rotatable bonds is 5. The second-order valence-corrected chi connectivity index (χ2v) is 6.49. The summed E-state index contributed by atoms with van der Waals surface area (Å²) in [4.78, 5) is 25.7. The van der Waals surface area contributed by atoms with Gasteiger partial charge in [-0.15, -0.1) is 0 Å². The van der Waals surface area contributed by atoms with Crippen LogP contribution in [0.15, 0.2) is 18.2 Å². The van der Waals surface area contributed by atoms with Crippen LogP contribution in [0.3, 0.4) is 0 Å². The predicted molar refractivity (Wildman–Crippen MR) is 91.2 cm³/mol. The summed E-state index contributed by atoms with van der Waals surface area (Å²) in [5.74, 6) is -1.15. The Labute approximate surface area is 138 Å². The van der Waals surface area contributed by atoms with Crippen molar-refractivity contribution in [1.29, 1.82) is 0 Å². The molecule has 5 nitrogen and oxygen atoms in total. The minimum atomic E-state index is -0.575. The van der Waals surface area contributed by atoms with Gasteiger partial charge >= 0.3 is 11.8 Å². The van der Waals surface area contributed by atoms with Gasteiger partial charge in [-0.1, -0.05) is 18.2 Å². The van der Waals surface area contributed by atoms with Crippen LogP contribution in [0.4, 0.5) is 0 Å². The van der Waals surface area contributed by atoms with E-state index in [-0.39, 0.29) is 6.04 Å². The zero-order valence-electron chi connectivity index (χ0n) is 14.3. The van der Waals surface area contributed by atoms with Crippen molar-refractivity contribution in [3.8, 4) is 0 Å². The van der Waals surface area contributed by atoms with Gasteiger partial charge in [0.05, 0.1) is 6.04 Å². The van der Waals surface area contributed by atoms with Crippen molar-refractivity contribution in [3.63, 3.8) is 0 Å². The van der Waals surface area contributed by atoms with Crippen LogP contribution in [-0.4, -0.2) is 43.9 Å². The van der Waals surface area contributed by atoms with Crippen molar-refractivity contribution in [2.45, 2.75) is 38.6 Å². The number of aryl methyl sites for hydroxylation is 2. The van der Waals surface area contributed by atoms with E-state index in [9.17, 15) is 9.59 Å². The summed E-state index contributed by atoms with van der Waals surface area (Å²) in [6.45, 7) is 3.08. The normalized spacial score (nSPS) is 15.0. The van der Waals surface area contributed by atoms with Gasteiger partial charge in [-0.25, -0.2) is 0 Å². The molecule has 1 atom stereocenters. The minimum Gasteiger partial charge on any atom is -0.347 e. The number of carbonyl (C=O) groups excluding carboxylic acids is 2. The highest BCUT2D eigenvalue weighted by molar-refractivity contribution is 6.35. The maximum absolute atomic E-state index is 12.0. The zero-order valence-corrected chi connectivity index (χ0v) is 14.3. The highest BCUT2D eigenvalue weighted by atomic mass is 16.2. The summed E-state index contributed by atoms with van der Waals surface area (Å²) >= 11 is 0. The summed E-state index contributed by atoms with van der Waals surface area (Å²) < 4.78 is 0. The largest absolute Gasteiger partial charge is 0.347 e. The van der Waals surface area contributed by atoms with Crippen LogP contribution in [0.1, 0.15) is 42.5 Å². The van der Waals surface area contributed by atoms with Crippen molar-refractivity contribution < 1.29 is 9.59 Å². The fourth-order valence-electron chi connectivity index (χ4n) is 2.84. The van der Waals surface area contributed by atoms with E-state index in [0.717, 1.165) is 18.4 Å². The first kappa shape index (κ1) is 17.5. The van der Waals surface area contributed by atoms with E-state index in [1.54, 1.807) is 0 Å². The van der Waals surface area contributed by atoms with Crippen molar-refractivity contribution >= 4 is 11.8 Å². The van der Waals surface area contributed by atoms with Crippen LogP contribution < -0.4 is 10.6 Å². The standard InChI is InChI=1S/C18H27N3O2/c1-13(20-18(23)17(22)19-10-11-21(2)3)15-9-8-14-6-4-5-7-16(14)12-15/h8-9,12-13H,4-7,10-11H2,1-3H3,(H,19,22)(H,20,23). The highest BCUT2D eigenvalue weighted by Gasteiger charge is 2.18. The maximum Gasteiger partial charge on any atom is 0.309 e. The number of hydrogen-bond acceptors (Lipinski definition) is 3. The molecule has 0 spiro atoms. The molecule has 0 saturated heterocycles. The lowest BCUT2D eigenvalue weighted by molar-refractivity contribution is -0.139. The van der Waals surface area contributed by atoms with Gasteiger partial charge in [-0.3, -0.25) is 9.59 Å². The Morgan fingerprint density at radius 2 is 1.83 bits per heavy atom. The van der Waals surface area contributed by atoms with Crippen LogP contribution in [0.2, 0.25) is 0 Å². The molecule has 0 aromatic heterocycles. The Hall–Kier alpha value is -1.88. The topological polar surface area (TPSA) is 61.4 Å². The number of amides is 2. The minimum absolute atomic E-state index is 0.172. The van der Waals surface area contributed by atoms with Crippen molar-refractivity contribution in [2.75, 3.05) is 27.2 Å². The third-order valence-corrected chi connectivity index (χ3v) is 4.27. The summed E-state index contributed by atoms with van der Waals surface area (Å²) in [5, 5.41) is 5.40. The van der Waals surface area contributed by atoms with Gasteiger partial charge in [-0.2, -0.15) is 0 Å². The van der Waals surface area contributed by atoms with Crippen molar-refractivity contribution in [3.05, 3.63) is 34.9 Å². The van der Waals surface area contributed by atoms with Gasteiger partial charge in [0.2, 0.25) is 0 Å². The Kier molecular flexibility index (Phi) is 6.16. The average Bonchev–Trinajstić information content (AvgIpc) is 2.53. The first-order valence-corrected chi connectivity index (χ1v) is 8.32. The first-order chi connectivity index (χ1) is 11.0. The number of fused-ring (bicyclic) bond motifs is 1. The molecule has 0 saturated carbocycles. The van der Waals surface area contributed by atoms with E-state index in [0.29, 0.717) is 13.1 Å². The van der Waals surface area contributed by atoms with Crippen molar-refractivity contribution in [2.24, 2.45) is 0 Å². The lowest BCUT2D eigenvalue weighted by atomic mass is 9.89. The molecule has 0 heterocycles. The second-order valence-electron chi connectivity index (χ2n) is 6.49. The molecule has 0 radical (unpaired) electrons. The second kappa shape index (κ2) is 8.11. The van der Waals surface area contributed by atoms with E-state index in [1.165, 1.54) is 24.0 Å². The van der Waals surface area contributed by atoms with Crippen LogP contribution in [0.25, 0.3) is 0 Å². The predicted octanol–water partition coefficient (Wildman–Crippen LogP) is 1.42. The van der Waals surface area contributed by atoms with Gasteiger partial charge in [-0.05, 0) is 63.4 Å². The molecule has 0 bridgehead atoms. The van der Waals surface area contributed by atoms with E-state index >= 15 is 0 Å². The Morgan fingerprint density at radius 3 is 2.52 bits per heavy atom. The Balaban J connectivity index is 1.89. The molecule has 2 N–H and O–H groups in total. The summed E-state index contributed by atoms with van der Waals surface area (Å²) in [6.07, 6.45) is 4.73. The molecule has 23 heavy (non-hydrogen) atoms. The lowest BCUT2D eigenvalue weighted by Crippen LogP contribution is -2.42. The Morgan fingerprint density at radius 1 is 1.13 bits per heavy atom. The van der Waals surface area contributed by atoms with E-state index < -0.39 is 11.8 Å². The first-order valence-electron chi connectivity index (χ1n) is 8.32. The fourth-order valence-corrected chi connectivity index (χ4v) is 2.84. The zero-order chi connectivity index (χ0) is 16.8. The van der Waals surface area contributed by atoms with E-state index in [2.05, 4.69) is 28.8 Å². The molecule has 0 aliphatic heterocycles. The van der Waals surface area contributed by atoms with Gasteiger partial charge in [0.15, 0.2) is 0 Å². The van der Waals surface area contributed by atoms with Crippen LogP contribution in [0, 0.1) is 0 Å². The number of nitrogens with one attached hydrogen (secondary N) is 2. The molecule has 1 aromatic rings. The molecule has 2 rings (SSSR count). The van der Waals surface area contributed by atoms with E-state index in [4.69, 9.17) is 0 Å². The molecule has 5 heteroatoms. The summed E-state index contributed by atoms with van der Waals surface area (Å²) in [7, 11) is 3.84. The van der Waals surface area contributed by atoms with E-state index in [1.807, 2.05) is 25.9 Å². The number of likely N-dealkylation sites (N-methyl/N-ethyl adjacent to an activating group) is 1. The fraction of sp³-hybridized carbons (Fsp3) is 0.556. The summed E-state index contributed by atoms with van der Waals surface area (Å²) in [6, 6.07) is 6.21. The quantitative estimate of drug-likeness (QED) is 0.808. The van der Waals surface area contributed by atoms with Gasteiger partial charge < -0.3 is 15.5 Å². The van der Waals surface area contributed by atoms with Crippen LogP contribution in [-0.2, 0) is 22.4 Å². The molecular weight excluding hydrogens is 290 g/mol. The third kappa shape index (κ3) is 5.06. The third-order valence-electron chi connectivity index (χ3n) is 4.27. The molecule has 1 aliphatic carbocycles. The molecule has 1 aromatic carbocycles. The number of carbonyl (C=O) groups is 2. The van der Waals surface area contributed by atoms with Crippen LogP contribution in [0.5, 0.6) is 0 Å². The molecule has 0 fully saturated rings. The molecule has 1 unspecified atom stereocenters. The smallest absolute Gasteiger partial charge is 0.309 e. The molecule has 126 valence electrons. The van der Waals surface area contributed by atoms with Crippen molar-refractivity contribution in [1.82, 2.24) is 15.5 Å². The number of benzene rings is 1. The molecular formula is C18H27N3O2. The van der Waals surface area contributed by atoms with Crippen LogP contribution >= 0.6 is 0 Å². The molecule has 1 aliphatic rings. The van der Waals surface area contributed by atoms with Gasteiger partial charge in [0.1, 0.15) is 0 Å². The Bertz CT molecular complexity index is 569. The number of nitrogens with zero attached hydrogens (tertiary/aromatic N) is 1. The SMILES string of the molecule is CC(NC(=O)C(=O)NCCN(C)C)c1ccc2c(c1)CCCC2. The van der Waals surface area contributed by atoms with Gasteiger partial charge in [0, 0.05) is 13.1 Å². The number of hydrogen-bond donors (Lipinski definition) is 2. The molecule has 2 amide bonds. The average molecular weight is 317 g/mol. The summed E-state index contributed by atoms with van der Waals surface area (Å²) in [5.41, 5.74) is 3.85. The highest BCUT2D eigenvalue weighted by Crippen LogP contribution is 2.24. The lowest BCUT2D eigenvalue weighted by Gasteiger charge is -2.20. The maximum atomic E-state index is 12.0. The monoisotopic (exact) mass is 317 g/mol. The van der Waals surface area contributed by atoms with Gasteiger partial charge in [0.25, 0.3) is 0 Å².